The fraction of sp³-hybridized carbons (Fsp3) is 0.320. The molecule has 34 heavy (non-hydrogen) atoms. The molecule has 0 radical (unpaired) electrons. The van der Waals surface area contributed by atoms with Gasteiger partial charge < -0.3 is 24.8 Å². The highest BCUT2D eigenvalue weighted by molar-refractivity contribution is 5.84. The Balaban J connectivity index is 1.46. The first-order chi connectivity index (χ1) is 16.8. The molecule has 0 saturated carbocycles. The van der Waals surface area contributed by atoms with Gasteiger partial charge in [-0.2, -0.15) is 4.98 Å². The van der Waals surface area contributed by atoms with E-state index >= 15 is 0 Å². The molecule has 9 heteroatoms. The molecule has 4 aromatic rings. The van der Waals surface area contributed by atoms with Crippen molar-refractivity contribution in [3.8, 4) is 34.5 Å². The van der Waals surface area contributed by atoms with Gasteiger partial charge in [0.05, 0.1) is 18.1 Å². The molecule has 0 bridgehead atoms. The predicted octanol–water partition coefficient (Wildman–Crippen LogP) is 3.43. The van der Waals surface area contributed by atoms with E-state index in [1.807, 2.05) is 47.0 Å². The number of ether oxygens (including phenoxy) is 3. The summed E-state index contributed by atoms with van der Waals surface area (Å²) >= 11 is 0. The van der Waals surface area contributed by atoms with Gasteiger partial charge in [0.15, 0.2) is 11.5 Å². The van der Waals surface area contributed by atoms with Crippen LogP contribution in [0.3, 0.4) is 0 Å². The van der Waals surface area contributed by atoms with E-state index in [4.69, 9.17) is 24.2 Å². The first kappa shape index (κ1) is 20.7. The van der Waals surface area contributed by atoms with Crippen molar-refractivity contribution in [2.24, 2.45) is 0 Å². The molecule has 1 fully saturated rings. The fourth-order valence-electron chi connectivity index (χ4n) is 4.50. The van der Waals surface area contributed by atoms with Crippen LogP contribution in [-0.2, 0) is 0 Å². The summed E-state index contributed by atoms with van der Waals surface area (Å²) in [6.45, 7) is 3.05. The van der Waals surface area contributed by atoms with Crippen LogP contribution in [-0.4, -0.2) is 59.0 Å². The SMILES string of the molecule is COc1ccc2c(c1)nc(-c1ccc3c(c1)OCCO3)n2-c1ccnc(NC2CCCNC2)n1. The molecule has 1 unspecified atom stereocenters. The minimum atomic E-state index is 0.310. The minimum Gasteiger partial charge on any atom is -0.497 e. The maximum absolute atomic E-state index is 5.82. The van der Waals surface area contributed by atoms with Crippen molar-refractivity contribution in [2.45, 2.75) is 18.9 Å². The molecule has 1 saturated heterocycles. The van der Waals surface area contributed by atoms with Gasteiger partial charge in [0.25, 0.3) is 0 Å². The summed E-state index contributed by atoms with van der Waals surface area (Å²) in [5, 5.41) is 6.90. The van der Waals surface area contributed by atoms with Gasteiger partial charge in [-0.3, -0.25) is 4.57 Å². The second-order valence-electron chi connectivity index (χ2n) is 8.41. The van der Waals surface area contributed by atoms with Crippen LogP contribution >= 0.6 is 0 Å². The second-order valence-corrected chi connectivity index (χ2v) is 8.41. The lowest BCUT2D eigenvalue weighted by molar-refractivity contribution is 0.171. The number of aromatic nitrogens is 4. The molecule has 0 amide bonds. The Hall–Kier alpha value is -3.85. The van der Waals surface area contributed by atoms with E-state index in [1.54, 1.807) is 13.3 Å². The standard InChI is InChI=1S/C25H26N6O3/c1-32-18-5-6-20-19(14-18)29-24(16-4-7-21-22(13-16)34-12-11-33-21)31(20)23-8-10-27-25(30-23)28-17-3-2-9-26-15-17/h4-8,10,13-14,17,26H,2-3,9,11-12,15H2,1H3,(H,27,28,30). The molecular weight excluding hydrogens is 432 g/mol. The average molecular weight is 459 g/mol. The molecule has 0 aliphatic carbocycles. The molecule has 2 aliphatic rings. The Morgan fingerprint density at radius 1 is 1.06 bits per heavy atom. The summed E-state index contributed by atoms with van der Waals surface area (Å²) in [7, 11) is 1.66. The molecule has 174 valence electrons. The number of nitrogens with one attached hydrogen (secondary N) is 2. The van der Waals surface area contributed by atoms with E-state index in [2.05, 4.69) is 15.6 Å². The number of hydrogen-bond acceptors (Lipinski definition) is 8. The zero-order valence-corrected chi connectivity index (χ0v) is 19.0. The summed E-state index contributed by atoms with van der Waals surface area (Å²) in [6, 6.07) is 14.0. The van der Waals surface area contributed by atoms with Crippen LogP contribution in [0.2, 0.25) is 0 Å². The normalized spacial score (nSPS) is 17.5. The minimum absolute atomic E-state index is 0.310. The molecule has 2 aliphatic heterocycles. The maximum Gasteiger partial charge on any atom is 0.224 e. The van der Waals surface area contributed by atoms with Gasteiger partial charge >= 0.3 is 0 Å². The van der Waals surface area contributed by atoms with Gasteiger partial charge in [-0.25, -0.2) is 9.97 Å². The molecule has 2 aromatic carbocycles. The highest BCUT2D eigenvalue weighted by Crippen LogP contribution is 2.36. The van der Waals surface area contributed by atoms with E-state index in [-0.39, 0.29) is 0 Å². The maximum atomic E-state index is 5.82. The van der Waals surface area contributed by atoms with E-state index in [1.165, 1.54) is 0 Å². The van der Waals surface area contributed by atoms with Crippen molar-refractivity contribution in [1.82, 2.24) is 24.8 Å². The average Bonchev–Trinajstić information content (AvgIpc) is 3.28. The van der Waals surface area contributed by atoms with Crippen molar-refractivity contribution in [3.63, 3.8) is 0 Å². The fourth-order valence-corrected chi connectivity index (χ4v) is 4.50. The van der Waals surface area contributed by atoms with Gasteiger partial charge in [-0.15, -0.1) is 0 Å². The quantitative estimate of drug-likeness (QED) is 0.470. The van der Waals surface area contributed by atoms with E-state index in [0.29, 0.717) is 25.2 Å². The zero-order chi connectivity index (χ0) is 22.9. The largest absolute Gasteiger partial charge is 0.497 e. The second kappa shape index (κ2) is 8.83. The lowest BCUT2D eigenvalue weighted by Crippen LogP contribution is -2.38. The Kier molecular flexibility index (Phi) is 5.38. The van der Waals surface area contributed by atoms with Crippen LogP contribution < -0.4 is 24.8 Å². The molecule has 0 spiro atoms. The van der Waals surface area contributed by atoms with E-state index in [0.717, 1.165) is 71.4 Å². The van der Waals surface area contributed by atoms with E-state index < -0.39 is 0 Å². The smallest absolute Gasteiger partial charge is 0.224 e. The van der Waals surface area contributed by atoms with Gasteiger partial charge in [-0.05, 0) is 55.8 Å². The Morgan fingerprint density at radius 3 is 2.82 bits per heavy atom. The van der Waals surface area contributed by atoms with Crippen LogP contribution in [0.4, 0.5) is 5.95 Å². The van der Waals surface area contributed by atoms with Gasteiger partial charge in [-0.1, -0.05) is 0 Å². The lowest BCUT2D eigenvalue weighted by atomic mass is 10.1. The third-order valence-corrected chi connectivity index (χ3v) is 6.16. The lowest BCUT2D eigenvalue weighted by Gasteiger charge is -2.23. The van der Waals surface area contributed by atoms with Crippen LogP contribution in [0.25, 0.3) is 28.2 Å². The van der Waals surface area contributed by atoms with E-state index in [9.17, 15) is 0 Å². The number of benzene rings is 2. The van der Waals surface area contributed by atoms with Crippen molar-refractivity contribution < 1.29 is 14.2 Å². The van der Waals surface area contributed by atoms with Crippen molar-refractivity contribution in [3.05, 3.63) is 48.7 Å². The van der Waals surface area contributed by atoms with Crippen LogP contribution in [0, 0.1) is 0 Å². The highest BCUT2D eigenvalue weighted by atomic mass is 16.6. The number of rotatable bonds is 5. The first-order valence-electron chi connectivity index (χ1n) is 11.6. The summed E-state index contributed by atoms with van der Waals surface area (Å²) in [5.74, 6) is 4.31. The Bertz CT molecular complexity index is 1330. The number of fused-ring (bicyclic) bond motifs is 2. The van der Waals surface area contributed by atoms with Crippen molar-refractivity contribution in [2.75, 3.05) is 38.7 Å². The third kappa shape index (κ3) is 3.88. The molecule has 6 rings (SSSR count). The van der Waals surface area contributed by atoms with Gasteiger partial charge in [0, 0.05) is 30.4 Å². The summed E-state index contributed by atoms with van der Waals surface area (Å²) < 4.78 is 19.0. The number of anilines is 1. The first-order valence-corrected chi connectivity index (χ1v) is 11.6. The number of nitrogens with zero attached hydrogens (tertiary/aromatic N) is 4. The predicted molar refractivity (Wildman–Crippen MR) is 129 cm³/mol. The number of hydrogen-bond donors (Lipinski definition) is 2. The van der Waals surface area contributed by atoms with Crippen molar-refractivity contribution in [1.29, 1.82) is 0 Å². The van der Waals surface area contributed by atoms with Gasteiger partial charge in [0.1, 0.15) is 30.6 Å². The summed E-state index contributed by atoms with van der Waals surface area (Å²) in [4.78, 5) is 14.3. The monoisotopic (exact) mass is 458 g/mol. The van der Waals surface area contributed by atoms with Crippen molar-refractivity contribution >= 4 is 17.0 Å². The van der Waals surface area contributed by atoms with Crippen LogP contribution in [0.15, 0.2) is 48.7 Å². The number of imidazole rings is 1. The van der Waals surface area contributed by atoms with Crippen LogP contribution in [0.1, 0.15) is 12.8 Å². The Labute approximate surface area is 197 Å². The molecule has 2 aromatic heterocycles. The molecular formula is C25H26N6O3. The van der Waals surface area contributed by atoms with Crippen LogP contribution in [0.5, 0.6) is 17.2 Å². The summed E-state index contributed by atoms with van der Waals surface area (Å²) in [6.07, 6.45) is 4.01. The molecule has 4 heterocycles. The van der Waals surface area contributed by atoms with Gasteiger partial charge in [0.2, 0.25) is 5.95 Å². The highest BCUT2D eigenvalue weighted by Gasteiger charge is 2.20. The number of piperidine rings is 1. The molecule has 2 N–H and O–H groups in total. The zero-order valence-electron chi connectivity index (χ0n) is 19.0. The molecule has 1 atom stereocenters. The Morgan fingerprint density at radius 2 is 1.97 bits per heavy atom. The molecule has 9 nitrogen and oxygen atoms in total. The number of methoxy groups -OCH3 is 1. The topological polar surface area (TPSA) is 95.3 Å². The summed E-state index contributed by atoms with van der Waals surface area (Å²) in [5.41, 5.74) is 2.65. The third-order valence-electron chi connectivity index (χ3n) is 6.16.